The molecule has 0 spiro atoms. The summed E-state index contributed by atoms with van der Waals surface area (Å²) in [5.74, 6) is -0.516. The molecule has 1 aliphatic rings. The summed E-state index contributed by atoms with van der Waals surface area (Å²) in [7, 11) is 0. The van der Waals surface area contributed by atoms with Crippen LogP contribution in [0.1, 0.15) is 39.2 Å². The highest BCUT2D eigenvalue weighted by Gasteiger charge is 2.51. The summed E-state index contributed by atoms with van der Waals surface area (Å²) in [6.45, 7) is 3.58. The summed E-state index contributed by atoms with van der Waals surface area (Å²) in [5, 5.41) is 12.3. The van der Waals surface area contributed by atoms with Gasteiger partial charge in [0.25, 0.3) is 5.91 Å². The Morgan fingerprint density at radius 3 is 2.57 bits per heavy atom. The van der Waals surface area contributed by atoms with Crippen molar-refractivity contribution in [2.24, 2.45) is 0 Å². The molecule has 5 nitrogen and oxygen atoms in total. The van der Waals surface area contributed by atoms with E-state index in [9.17, 15) is 14.7 Å². The zero-order valence-corrected chi connectivity index (χ0v) is 17.9. The third-order valence-corrected chi connectivity index (χ3v) is 6.04. The average molecular weight is 444 g/mol. The molecule has 0 aliphatic carbocycles. The first kappa shape index (κ1) is 20.7. The number of amides is 1. The van der Waals surface area contributed by atoms with Crippen LogP contribution in [-0.4, -0.2) is 16.8 Å². The molecular weight excluding hydrogens is 425 g/mol. The first-order chi connectivity index (χ1) is 14.2. The van der Waals surface area contributed by atoms with Gasteiger partial charge in [-0.2, -0.15) is 0 Å². The number of carbonyl (C=O) groups is 2. The van der Waals surface area contributed by atoms with Gasteiger partial charge in [-0.3, -0.25) is 9.59 Å². The number of furan rings is 1. The molecule has 1 aromatic heterocycles. The molecule has 4 rings (SSSR count). The number of carbonyl (C=O) groups excluding carboxylic acids is 2. The molecule has 0 bridgehead atoms. The van der Waals surface area contributed by atoms with Gasteiger partial charge >= 0.3 is 0 Å². The van der Waals surface area contributed by atoms with Gasteiger partial charge in [0.05, 0.1) is 30.5 Å². The number of hydrogen-bond acceptors (Lipinski definition) is 4. The van der Waals surface area contributed by atoms with E-state index >= 15 is 0 Å². The van der Waals surface area contributed by atoms with Gasteiger partial charge in [-0.05, 0) is 49.2 Å². The molecule has 30 heavy (non-hydrogen) atoms. The number of rotatable bonds is 5. The fourth-order valence-corrected chi connectivity index (χ4v) is 4.32. The van der Waals surface area contributed by atoms with Gasteiger partial charge in [-0.1, -0.05) is 41.4 Å². The number of halogens is 2. The number of hydrogen-bond donors (Lipinski definition) is 1. The molecule has 1 aliphatic heterocycles. The van der Waals surface area contributed by atoms with Gasteiger partial charge in [0.1, 0.15) is 5.76 Å². The van der Waals surface area contributed by atoms with Crippen molar-refractivity contribution in [3.8, 4) is 0 Å². The van der Waals surface area contributed by atoms with E-state index in [0.717, 1.165) is 5.56 Å². The van der Waals surface area contributed by atoms with E-state index < -0.39 is 17.9 Å². The van der Waals surface area contributed by atoms with E-state index in [1.807, 2.05) is 12.1 Å². The van der Waals surface area contributed by atoms with E-state index in [-0.39, 0.29) is 12.3 Å². The molecule has 0 fully saturated rings. The van der Waals surface area contributed by atoms with Gasteiger partial charge in [0.2, 0.25) is 0 Å². The lowest BCUT2D eigenvalue weighted by molar-refractivity contribution is -0.136. The largest absolute Gasteiger partial charge is 0.469 e. The van der Waals surface area contributed by atoms with Crippen LogP contribution in [0.15, 0.2) is 53.1 Å². The van der Waals surface area contributed by atoms with Crippen LogP contribution in [0.25, 0.3) is 0 Å². The average Bonchev–Trinajstić information content (AvgIpc) is 3.13. The summed E-state index contributed by atoms with van der Waals surface area (Å²) >= 11 is 12.4. The number of fused-ring (bicyclic) bond motifs is 1. The lowest BCUT2D eigenvalue weighted by Gasteiger charge is -2.23. The molecule has 0 unspecified atom stereocenters. The van der Waals surface area contributed by atoms with Crippen LogP contribution in [0.4, 0.5) is 5.69 Å². The second-order valence-corrected chi connectivity index (χ2v) is 8.30. The normalized spacial score (nSPS) is 18.0. The van der Waals surface area contributed by atoms with Crippen LogP contribution in [0.3, 0.4) is 0 Å². The van der Waals surface area contributed by atoms with Gasteiger partial charge in [-0.25, -0.2) is 0 Å². The Hall–Kier alpha value is -2.60. The van der Waals surface area contributed by atoms with Crippen LogP contribution in [0, 0.1) is 13.8 Å². The van der Waals surface area contributed by atoms with E-state index in [1.54, 1.807) is 38.1 Å². The fraction of sp³-hybridized carbons (Fsp3) is 0.217. The van der Waals surface area contributed by atoms with E-state index in [4.69, 9.17) is 27.6 Å². The van der Waals surface area contributed by atoms with Crippen LogP contribution >= 0.6 is 23.2 Å². The van der Waals surface area contributed by atoms with Crippen molar-refractivity contribution in [1.29, 1.82) is 0 Å². The standard InChI is InChI=1S/C23H19Cl2NO4/c1-13-12-30-14(2)21(13)20(27)10-23(29)17-9-16(24)7-8-19(17)26(22(23)28)11-15-5-3-4-6-18(15)25/h3-9,12,29H,10-11H2,1-2H3/t23-/m1/s1. The molecule has 154 valence electrons. The van der Waals surface area contributed by atoms with Crippen LogP contribution in [0.2, 0.25) is 10.0 Å². The van der Waals surface area contributed by atoms with Gasteiger partial charge in [-0.15, -0.1) is 0 Å². The molecule has 2 aromatic carbocycles. The minimum Gasteiger partial charge on any atom is -0.469 e. The number of aryl methyl sites for hydroxylation is 2. The maximum Gasteiger partial charge on any atom is 0.264 e. The zero-order valence-electron chi connectivity index (χ0n) is 16.4. The molecule has 3 aromatic rings. The highest BCUT2D eigenvalue weighted by molar-refractivity contribution is 6.31. The second kappa shape index (κ2) is 7.58. The number of ketones is 1. The lowest BCUT2D eigenvalue weighted by atomic mass is 9.87. The van der Waals surface area contributed by atoms with Crippen molar-refractivity contribution >= 4 is 40.6 Å². The Morgan fingerprint density at radius 2 is 1.90 bits per heavy atom. The number of benzene rings is 2. The maximum absolute atomic E-state index is 13.4. The highest BCUT2D eigenvalue weighted by Crippen LogP contribution is 2.45. The Balaban J connectivity index is 1.75. The molecule has 0 radical (unpaired) electrons. The van der Waals surface area contributed by atoms with Crippen molar-refractivity contribution < 1.29 is 19.1 Å². The number of anilines is 1. The monoisotopic (exact) mass is 443 g/mol. The predicted octanol–water partition coefficient (Wildman–Crippen LogP) is 5.21. The third kappa shape index (κ3) is 3.33. The van der Waals surface area contributed by atoms with E-state index in [2.05, 4.69) is 0 Å². The Bertz CT molecular complexity index is 1150. The van der Waals surface area contributed by atoms with Gasteiger partial charge in [0.15, 0.2) is 11.4 Å². The van der Waals surface area contributed by atoms with Crippen LogP contribution in [-0.2, 0) is 16.9 Å². The van der Waals surface area contributed by atoms with Crippen LogP contribution < -0.4 is 4.90 Å². The molecule has 7 heteroatoms. The molecule has 1 amide bonds. The molecule has 2 heterocycles. The van der Waals surface area contributed by atoms with E-state index in [0.29, 0.717) is 38.2 Å². The number of Topliss-reactive ketones (excluding diaryl/α,β-unsaturated/α-hetero) is 1. The lowest BCUT2D eigenvalue weighted by Crippen LogP contribution is -2.41. The van der Waals surface area contributed by atoms with Gasteiger partial charge < -0.3 is 14.4 Å². The highest BCUT2D eigenvalue weighted by atomic mass is 35.5. The van der Waals surface area contributed by atoms with Crippen molar-refractivity contribution in [1.82, 2.24) is 0 Å². The maximum atomic E-state index is 13.4. The van der Waals surface area contributed by atoms with Crippen molar-refractivity contribution in [2.45, 2.75) is 32.4 Å². The molecule has 0 saturated heterocycles. The second-order valence-electron chi connectivity index (χ2n) is 7.45. The number of nitrogens with zero attached hydrogens (tertiary/aromatic N) is 1. The Labute approximate surface area is 183 Å². The summed E-state index contributed by atoms with van der Waals surface area (Å²) in [4.78, 5) is 27.9. The fourth-order valence-electron chi connectivity index (χ4n) is 3.96. The van der Waals surface area contributed by atoms with Crippen molar-refractivity contribution in [3.63, 3.8) is 0 Å². The third-order valence-electron chi connectivity index (χ3n) is 5.43. The topological polar surface area (TPSA) is 70.7 Å². The van der Waals surface area contributed by atoms with Gasteiger partial charge in [0, 0.05) is 15.6 Å². The predicted molar refractivity (Wildman–Crippen MR) is 115 cm³/mol. The molecule has 1 N–H and O–H groups in total. The first-order valence-corrected chi connectivity index (χ1v) is 10.1. The summed E-state index contributed by atoms with van der Waals surface area (Å²) in [6.07, 6.45) is 1.07. The quantitative estimate of drug-likeness (QED) is 0.549. The molecule has 0 saturated carbocycles. The van der Waals surface area contributed by atoms with Crippen LogP contribution in [0.5, 0.6) is 0 Å². The van der Waals surface area contributed by atoms with Crippen molar-refractivity contribution in [3.05, 3.63) is 86.8 Å². The summed E-state index contributed by atoms with van der Waals surface area (Å²) < 4.78 is 5.31. The molecular formula is C23H19Cl2NO4. The Kier molecular flexibility index (Phi) is 5.22. The molecule has 1 atom stereocenters. The minimum absolute atomic E-state index is 0.160. The van der Waals surface area contributed by atoms with E-state index in [1.165, 1.54) is 17.2 Å². The SMILES string of the molecule is Cc1coc(C)c1C(=O)C[C@]1(O)C(=O)N(Cc2ccccc2Cl)c2ccc(Cl)cc21. The minimum atomic E-state index is -2.03. The Morgan fingerprint density at radius 1 is 1.17 bits per heavy atom. The zero-order chi connectivity index (χ0) is 21.6. The van der Waals surface area contributed by atoms with Crippen molar-refractivity contribution in [2.75, 3.05) is 4.90 Å². The smallest absolute Gasteiger partial charge is 0.264 e. The number of aliphatic hydroxyl groups is 1. The summed E-state index contributed by atoms with van der Waals surface area (Å²) in [6, 6.07) is 12.0. The summed E-state index contributed by atoms with van der Waals surface area (Å²) in [5.41, 5.74) is 0.537. The first-order valence-electron chi connectivity index (χ1n) is 9.38.